The summed E-state index contributed by atoms with van der Waals surface area (Å²) in [4.78, 5) is 11.3. The van der Waals surface area contributed by atoms with E-state index in [9.17, 15) is 17.6 Å². The van der Waals surface area contributed by atoms with Crippen molar-refractivity contribution in [3.63, 3.8) is 0 Å². The fourth-order valence-electron chi connectivity index (χ4n) is 1.89. The Morgan fingerprint density at radius 1 is 1.35 bits per heavy atom. The van der Waals surface area contributed by atoms with Crippen LogP contribution >= 0.6 is 0 Å². The Labute approximate surface area is 154 Å². The van der Waals surface area contributed by atoms with Gasteiger partial charge in [-0.1, -0.05) is 24.3 Å². The molecule has 146 valence electrons. The molecule has 0 bridgehead atoms. The molecule has 9 heteroatoms. The molecule has 2 N–H and O–H groups in total. The Balaban J connectivity index is 0.000000401. The maximum absolute atomic E-state index is 11.9. The van der Waals surface area contributed by atoms with Gasteiger partial charge >= 0.3 is 6.09 Å². The molecule has 7 nitrogen and oxygen atoms in total. The Morgan fingerprint density at radius 2 is 1.92 bits per heavy atom. The molecule has 0 aromatic heterocycles. The SMILES string of the molecule is C=CCS(=O)(=O)N1CC(NNC(=O)OC(C)(C)C)C1.Fc1ccccc1. The molecule has 0 atom stereocenters. The minimum Gasteiger partial charge on any atom is -0.443 e. The van der Waals surface area contributed by atoms with E-state index in [1.54, 1.807) is 39.0 Å². The predicted molar refractivity (Wildman–Crippen MR) is 98.3 cm³/mol. The summed E-state index contributed by atoms with van der Waals surface area (Å²) in [5.41, 5.74) is 4.56. The summed E-state index contributed by atoms with van der Waals surface area (Å²) in [6.45, 7) is 9.35. The number of benzene rings is 1. The number of carbonyl (C=O) groups excluding carboxylic acids is 1. The number of halogens is 1. The highest BCUT2D eigenvalue weighted by molar-refractivity contribution is 7.89. The molecule has 0 aliphatic carbocycles. The lowest BCUT2D eigenvalue weighted by atomic mass is 10.2. The molecule has 0 spiro atoms. The molecule has 1 heterocycles. The zero-order valence-electron chi connectivity index (χ0n) is 15.2. The van der Waals surface area contributed by atoms with Crippen LogP contribution < -0.4 is 10.9 Å². The topological polar surface area (TPSA) is 87.7 Å². The summed E-state index contributed by atoms with van der Waals surface area (Å²) in [5, 5.41) is 0. The molecule has 1 fully saturated rings. The number of sulfonamides is 1. The molecule has 1 aliphatic rings. The van der Waals surface area contributed by atoms with Gasteiger partial charge in [-0.25, -0.2) is 23.0 Å². The van der Waals surface area contributed by atoms with Crippen molar-refractivity contribution < 1.29 is 22.3 Å². The van der Waals surface area contributed by atoms with Gasteiger partial charge in [-0.15, -0.1) is 6.58 Å². The molecule has 0 radical (unpaired) electrons. The van der Waals surface area contributed by atoms with Crippen molar-refractivity contribution in [3.05, 3.63) is 48.8 Å². The van der Waals surface area contributed by atoms with Gasteiger partial charge in [-0.3, -0.25) is 5.43 Å². The van der Waals surface area contributed by atoms with Crippen LogP contribution in [0.15, 0.2) is 43.0 Å². The lowest BCUT2D eigenvalue weighted by Crippen LogP contribution is -2.63. The van der Waals surface area contributed by atoms with E-state index < -0.39 is 21.7 Å². The first-order valence-electron chi connectivity index (χ1n) is 8.07. The summed E-state index contributed by atoms with van der Waals surface area (Å²) in [6.07, 6.45) is 0.773. The summed E-state index contributed by atoms with van der Waals surface area (Å²) in [6, 6.07) is 7.83. The molecule has 1 saturated heterocycles. The zero-order chi connectivity index (χ0) is 19.8. The Hall–Kier alpha value is -1.97. The van der Waals surface area contributed by atoms with Gasteiger partial charge in [0.05, 0.1) is 11.8 Å². The predicted octanol–water partition coefficient (Wildman–Crippen LogP) is 2.04. The third-order valence-corrected chi connectivity index (χ3v) is 4.82. The number of carbonyl (C=O) groups is 1. The van der Waals surface area contributed by atoms with Crippen LogP contribution in [0.3, 0.4) is 0 Å². The van der Waals surface area contributed by atoms with Crippen LogP contribution in [0.2, 0.25) is 0 Å². The highest BCUT2D eigenvalue weighted by Gasteiger charge is 2.35. The third kappa shape index (κ3) is 8.41. The van der Waals surface area contributed by atoms with E-state index in [4.69, 9.17) is 4.74 Å². The van der Waals surface area contributed by atoms with E-state index in [1.807, 2.05) is 0 Å². The average Bonchev–Trinajstić information content (AvgIpc) is 2.44. The van der Waals surface area contributed by atoms with E-state index in [1.165, 1.54) is 22.5 Å². The van der Waals surface area contributed by atoms with Crippen LogP contribution in [0.1, 0.15) is 20.8 Å². The van der Waals surface area contributed by atoms with Gasteiger partial charge in [-0.05, 0) is 32.9 Å². The van der Waals surface area contributed by atoms with Crippen molar-refractivity contribution >= 4 is 16.1 Å². The fraction of sp³-hybridized carbons (Fsp3) is 0.471. The number of hydrazine groups is 1. The van der Waals surface area contributed by atoms with Gasteiger partial charge in [0.2, 0.25) is 10.0 Å². The number of ether oxygens (including phenoxy) is 1. The lowest BCUT2D eigenvalue weighted by molar-refractivity contribution is 0.0467. The van der Waals surface area contributed by atoms with Crippen LogP contribution in [-0.4, -0.2) is 49.3 Å². The minimum absolute atomic E-state index is 0.0702. The van der Waals surface area contributed by atoms with Gasteiger partial charge in [-0.2, -0.15) is 4.31 Å². The molecular formula is C17H26FN3O4S. The van der Waals surface area contributed by atoms with E-state index in [2.05, 4.69) is 17.4 Å². The van der Waals surface area contributed by atoms with Crippen molar-refractivity contribution in [2.75, 3.05) is 18.8 Å². The maximum atomic E-state index is 11.9. The minimum atomic E-state index is -3.24. The lowest BCUT2D eigenvalue weighted by Gasteiger charge is -2.38. The first kappa shape index (κ1) is 22.1. The second-order valence-electron chi connectivity index (χ2n) is 6.65. The first-order chi connectivity index (χ1) is 12.0. The largest absolute Gasteiger partial charge is 0.443 e. The van der Waals surface area contributed by atoms with E-state index in [-0.39, 0.29) is 17.6 Å². The van der Waals surface area contributed by atoms with Crippen molar-refractivity contribution in [2.24, 2.45) is 0 Å². The van der Waals surface area contributed by atoms with E-state index >= 15 is 0 Å². The quantitative estimate of drug-likeness (QED) is 0.596. The monoisotopic (exact) mass is 387 g/mol. The van der Waals surface area contributed by atoms with Crippen LogP contribution in [0, 0.1) is 5.82 Å². The second-order valence-corrected chi connectivity index (χ2v) is 8.66. The van der Waals surface area contributed by atoms with Crippen molar-refractivity contribution in [2.45, 2.75) is 32.4 Å². The van der Waals surface area contributed by atoms with Crippen molar-refractivity contribution in [1.82, 2.24) is 15.2 Å². The molecular weight excluding hydrogens is 361 g/mol. The molecule has 1 aliphatic heterocycles. The second kappa shape index (κ2) is 9.65. The number of nitrogens with one attached hydrogen (secondary N) is 2. The first-order valence-corrected chi connectivity index (χ1v) is 9.68. The summed E-state index contributed by atoms with van der Waals surface area (Å²) in [5.74, 6) is -0.248. The van der Waals surface area contributed by atoms with Gasteiger partial charge in [0.15, 0.2) is 0 Å². The fourth-order valence-corrected chi connectivity index (χ4v) is 3.21. The smallest absolute Gasteiger partial charge is 0.422 e. The molecule has 0 unspecified atom stereocenters. The Kier molecular flexibility index (Phi) is 8.19. The van der Waals surface area contributed by atoms with Gasteiger partial charge < -0.3 is 4.74 Å². The van der Waals surface area contributed by atoms with E-state index in [0.29, 0.717) is 13.1 Å². The number of nitrogens with zero attached hydrogens (tertiary/aromatic N) is 1. The standard InChI is InChI=1S/C11H21N3O4S.C6H5F/c1-5-6-19(16,17)14-7-9(8-14)12-13-10(15)18-11(2,3)4;7-6-4-2-1-3-5-6/h5,9,12H,1,6-8H2,2-4H3,(H,13,15);1-5H. The van der Waals surface area contributed by atoms with Crippen LogP contribution in [0.4, 0.5) is 9.18 Å². The number of amides is 1. The maximum Gasteiger partial charge on any atom is 0.422 e. The summed E-state index contributed by atoms with van der Waals surface area (Å²) >= 11 is 0. The van der Waals surface area contributed by atoms with Crippen LogP contribution in [-0.2, 0) is 14.8 Å². The normalized spacial score (nSPS) is 15.2. The number of hydrogen-bond donors (Lipinski definition) is 2. The number of hydrogen-bond acceptors (Lipinski definition) is 5. The molecule has 1 amide bonds. The van der Waals surface area contributed by atoms with Gasteiger partial charge in [0, 0.05) is 13.1 Å². The molecule has 0 saturated carbocycles. The average molecular weight is 387 g/mol. The highest BCUT2D eigenvalue weighted by atomic mass is 32.2. The Morgan fingerprint density at radius 3 is 2.35 bits per heavy atom. The summed E-state index contributed by atoms with van der Waals surface area (Å²) in [7, 11) is -3.24. The van der Waals surface area contributed by atoms with Crippen molar-refractivity contribution in [1.29, 1.82) is 0 Å². The molecule has 26 heavy (non-hydrogen) atoms. The van der Waals surface area contributed by atoms with Crippen LogP contribution in [0.25, 0.3) is 0 Å². The molecule has 1 aromatic carbocycles. The Bertz CT molecular complexity index is 684. The van der Waals surface area contributed by atoms with Crippen LogP contribution in [0.5, 0.6) is 0 Å². The molecule has 1 aromatic rings. The highest BCUT2D eigenvalue weighted by Crippen LogP contribution is 2.13. The number of rotatable bonds is 5. The van der Waals surface area contributed by atoms with Crippen molar-refractivity contribution in [3.8, 4) is 0 Å². The molecule has 2 rings (SSSR count). The zero-order valence-corrected chi connectivity index (χ0v) is 16.1. The van der Waals surface area contributed by atoms with Gasteiger partial charge in [0.25, 0.3) is 0 Å². The van der Waals surface area contributed by atoms with Gasteiger partial charge in [0.1, 0.15) is 11.4 Å². The van der Waals surface area contributed by atoms with E-state index in [0.717, 1.165) is 0 Å². The third-order valence-electron chi connectivity index (χ3n) is 3.08. The summed E-state index contributed by atoms with van der Waals surface area (Å²) < 4.78 is 41.5.